The van der Waals surface area contributed by atoms with Crippen LogP contribution in [0, 0.1) is 0 Å². The number of imidazole rings is 1. The molecule has 0 bridgehead atoms. The number of hydrogen-bond donors (Lipinski definition) is 3. The maximum Gasteiger partial charge on any atom is 0.252 e. The zero-order chi connectivity index (χ0) is 20.9. The first-order chi connectivity index (χ1) is 14.6. The zero-order valence-corrected chi connectivity index (χ0v) is 17.0. The number of hydrogen-bond acceptors (Lipinski definition) is 6. The molecule has 0 aliphatic carbocycles. The molecule has 0 spiro atoms. The molecular weight excluding hydrogens is 380 g/mol. The number of nitrogens with one attached hydrogen (secondary N) is 2. The Labute approximate surface area is 175 Å². The molecule has 0 atom stereocenters. The Morgan fingerprint density at radius 2 is 2.00 bits per heavy atom. The van der Waals surface area contributed by atoms with E-state index >= 15 is 0 Å². The average molecular weight is 406 g/mol. The van der Waals surface area contributed by atoms with Gasteiger partial charge in [-0.1, -0.05) is 12.1 Å². The van der Waals surface area contributed by atoms with Gasteiger partial charge in [-0.05, 0) is 36.5 Å². The summed E-state index contributed by atoms with van der Waals surface area (Å²) >= 11 is 0. The fraction of sp³-hybridized carbons (Fsp3) is 0.318. The molecule has 0 unspecified atom stereocenters. The van der Waals surface area contributed by atoms with Crippen molar-refractivity contribution in [2.24, 2.45) is 12.8 Å². The highest BCUT2D eigenvalue weighted by Gasteiger charge is 2.16. The molecule has 1 aliphatic heterocycles. The first kappa shape index (κ1) is 19.9. The molecule has 2 aromatic heterocycles. The van der Waals surface area contributed by atoms with Crippen LogP contribution in [0.5, 0.6) is 0 Å². The van der Waals surface area contributed by atoms with Crippen molar-refractivity contribution < 1.29 is 9.53 Å². The average Bonchev–Trinajstić information content (AvgIpc) is 3.18. The highest BCUT2D eigenvalue weighted by molar-refractivity contribution is 5.98. The van der Waals surface area contributed by atoms with Gasteiger partial charge in [-0.2, -0.15) is 0 Å². The number of aromatic nitrogens is 3. The predicted molar refractivity (Wildman–Crippen MR) is 116 cm³/mol. The second-order valence-electron chi connectivity index (χ2n) is 7.42. The fourth-order valence-electron chi connectivity index (χ4n) is 3.62. The second kappa shape index (κ2) is 8.96. The fourth-order valence-corrected chi connectivity index (χ4v) is 3.62. The minimum atomic E-state index is -0.530. The van der Waals surface area contributed by atoms with Crippen molar-refractivity contribution in [1.82, 2.24) is 14.5 Å². The number of nitrogens with zero attached hydrogens (tertiary/aromatic N) is 3. The molecule has 4 rings (SSSR count). The summed E-state index contributed by atoms with van der Waals surface area (Å²) in [5.74, 6) is 1.50. The number of ether oxygens (including phenoxy) is 1. The third-order valence-electron chi connectivity index (χ3n) is 5.40. The third-order valence-corrected chi connectivity index (χ3v) is 5.40. The summed E-state index contributed by atoms with van der Waals surface area (Å²) in [6.07, 6.45) is 7.22. The molecule has 30 heavy (non-hydrogen) atoms. The van der Waals surface area contributed by atoms with Gasteiger partial charge < -0.3 is 25.7 Å². The number of benzene rings is 1. The Morgan fingerprint density at radius 1 is 1.23 bits per heavy atom. The van der Waals surface area contributed by atoms with Gasteiger partial charge >= 0.3 is 0 Å². The smallest absolute Gasteiger partial charge is 0.252 e. The predicted octanol–water partition coefficient (Wildman–Crippen LogP) is 3.16. The Balaban J connectivity index is 1.48. The lowest BCUT2D eigenvalue weighted by Gasteiger charge is -2.22. The van der Waals surface area contributed by atoms with E-state index in [9.17, 15) is 4.79 Å². The van der Waals surface area contributed by atoms with E-state index in [-0.39, 0.29) is 0 Å². The van der Waals surface area contributed by atoms with Crippen LogP contribution in [-0.4, -0.2) is 33.7 Å². The molecule has 1 aliphatic rings. The molecule has 1 amide bonds. The molecule has 1 aromatic carbocycles. The molecule has 1 saturated heterocycles. The quantitative estimate of drug-likeness (QED) is 0.556. The second-order valence-corrected chi connectivity index (χ2v) is 7.42. The lowest BCUT2D eigenvalue weighted by atomic mass is 9.92. The van der Waals surface area contributed by atoms with Crippen LogP contribution < -0.4 is 16.4 Å². The van der Waals surface area contributed by atoms with Gasteiger partial charge in [0.2, 0.25) is 0 Å². The summed E-state index contributed by atoms with van der Waals surface area (Å²) in [7, 11) is 1.92. The normalized spacial score (nSPS) is 14.4. The summed E-state index contributed by atoms with van der Waals surface area (Å²) in [5, 5.41) is 6.54. The van der Waals surface area contributed by atoms with Gasteiger partial charge in [-0.3, -0.25) is 4.79 Å². The standard InChI is InChI=1S/C22H26N6O2/c1-28-9-8-24-21(28)14-25-19-12-20(26-13-18(19)22(23)29)27-17-4-2-15(3-5-17)16-6-10-30-11-7-16/h2-5,8-9,12-13,16H,6-7,10-11,14H2,1H3,(H2,23,29)(H2,25,26,27). The first-order valence-corrected chi connectivity index (χ1v) is 10.0. The number of anilines is 3. The first-order valence-electron chi connectivity index (χ1n) is 10.0. The number of carbonyl (C=O) groups is 1. The van der Waals surface area contributed by atoms with Gasteiger partial charge in [0.1, 0.15) is 11.6 Å². The van der Waals surface area contributed by atoms with Gasteiger partial charge in [0.05, 0.1) is 17.8 Å². The SMILES string of the molecule is Cn1ccnc1CNc1cc(Nc2ccc(C3CCOCC3)cc2)ncc1C(N)=O. The van der Waals surface area contributed by atoms with Gasteiger partial charge in [-0.15, -0.1) is 0 Å². The Hall–Kier alpha value is -3.39. The van der Waals surface area contributed by atoms with Crippen LogP contribution in [0.15, 0.2) is 48.9 Å². The largest absolute Gasteiger partial charge is 0.381 e. The van der Waals surface area contributed by atoms with Crippen molar-refractivity contribution in [1.29, 1.82) is 0 Å². The van der Waals surface area contributed by atoms with Crippen molar-refractivity contribution in [3.05, 3.63) is 65.9 Å². The van der Waals surface area contributed by atoms with Crippen molar-refractivity contribution in [3.63, 3.8) is 0 Å². The topological polar surface area (TPSA) is 107 Å². The minimum absolute atomic E-state index is 0.338. The van der Waals surface area contributed by atoms with Crippen molar-refractivity contribution in [2.75, 3.05) is 23.8 Å². The van der Waals surface area contributed by atoms with E-state index in [0.717, 1.165) is 37.6 Å². The number of primary amides is 1. The number of aryl methyl sites for hydroxylation is 1. The molecule has 0 radical (unpaired) electrons. The molecule has 4 N–H and O–H groups in total. The lowest BCUT2D eigenvalue weighted by molar-refractivity contribution is 0.0853. The van der Waals surface area contributed by atoms with E-state index in [2.05, 4.69) is 44.9 Å². The monoisotopic (exact) mass is 406 g/mol. The van der Waals surface area contributed by atoms with Gasteiger partial charge in [-0.25, -0.2) is 9.97 Å². The van der Waals surface area contributed by atoms with Crippen molar-refractivity contribution in [2.45, 2.75) is 25.3 Å². The van der Waals surface area contributed by atoms with E-state index in [1.807, 2.05) is 17.8 Å². The number of amides is 1. The number of rotatable bonds is 7. The highest BCUT2D eigenvalue weighted by Crippen LogP contribution is 2.28. The van der Waals surface area contributed by atoms with Gasteiger partial charge in [0.15, 0.2) is 0 Å². The molecule has 1 fully saturated rings. The summed E-state index contributed by atoms with van der Waals surface area (Å²) < 4.78 is 7.36. The maximum absolute atomic E-state index is 11.8. The molecule has 8 heteroatoms. The van der Waals surface area contributed by atoms with Crippen molar-refractivity contribution in [3.8, 4) is 0 Å². The van der Waals surface area contributed by atoms with Gasteiger partial charge in [0.25, 0.3) is 5.91 Å². The number of carbonyl (C=O) groups excluding carboxylic acids is 1. The van der Waals surface area contributed by atoms with E-state index in [4.69, 9.17) is 10.5 Å². The van der Waals surface area contributed by atoms with Crippen LogP contribution in [0.25, 0.3) is 0 Å². The molecule has 3 heterocycles. The van der Waals surface area contributed by atoms with Crippen LogP contribution in [0.3, 0.4) is 0 Å². The van der Waals surface area contributed by atoms with E-state index in [1.165, 1.54) is 11.8 Å². The summed E-state index contributed by atoms with van der Waals surface area (Å²) in [6.45, 7) is 2.12. The highest BCUT2D eigenvalue weighted by atomic mass is 16.5. The van der Waals surface area contributed by atoms with E-state index in [0.29, 0.717) is 29.5 Å². The molecule has 0 saturated carbocycles. The summed E-state index contributed by atoms with van der Waals surface area (Å²) in [4.78, 5) is 20.4. The van der Waals surface area contributed by atoms with Crippen LogP contribution in [0.2, 0.25) is 0 Å². The molecule has 3 aromatic rings. The van der Waals surface area contributed by atoms with Crippen molar-refractivity contribution >= 4 is 23.1 Å². The van der Waals surface area contributed by atoms with Crippen LogP contribution >= 0.6 is 0 Å². The molecule has 156 valence electrons. The Bertz CT molecular complexity index is 1010. The minimum Gasteiger partial charge on any atom is -0.381 e. The molecule has 8 nitrogen and oxygen atoms in total. The number of pyridine rings is 1. The summed E-state index contributed by atoms with van der Waals surface area (Å²) in [5.41, 5.74) is 8.73. The van der Waals surface area contributed by atoms with E-state index < -0.39 is 5.91 Å². The third kappa shape index (κ3) is 4.60. The van der Waals surface area contributed by atoms with Crippen LogP contribution in [0.4, 0.5) is 17.2 Å². The number of nitrogens with two attached hydrogens (primary N) is 1. The summed E-state index contributed by atoms with van der Waals surface area (Å²) in [6, 6.07) is 10.2. The van der Waals surface area contributed by atoms with E-state index in [1.54, 1.807) is 12.3 Å². The Kier molecular flexibility index (Phi) is 5.94. The van der Waals surface area contributed by atoms with Gasteiger partial charge in [0, 0.05) is 50.6 Å². The van der Waals surface area contributed by atoms with Crippen LogP contribution in [-0.2, 0) is 18.3 Å². The zero-order valence-electron chi connectivity index (χ0n) is 17.0. The molecular formula is C22H26N6O2. The van der Waals surface area contributed by atoms with Crippen LogP contribution in [0.1, 0.15) is 40.5 Å². The maximum atomic E-state index is 11.8. The Morgan fingerprint density at radius 3 is 2.67 bits per heavy atom. The lowest BCUT2D eigenvalue weighted by Crippen LogP contribution is -2.16.